The van der Waals surface area contributed by atoms with Crippen LogP contribution in [0.4, 0.5) is 45.5 Å². The average Bonchev–Trinajstić information content (AvgIpc) is 3.15. The third kappa shape index (κ3) is 6.15. The van der Waals surface area contributed by atoms with E-state index in [9.17, 15) is 0 Å². The smallest absolute Gasteiger partial charge is 0.0691 e. The minimum atomic E-state index is 0.759. The molecule has 8 rings (SSSR count). The molecule has 0 amide bonds. The molecule has 4 nitrogen and oxygen atoms in total. The predicted octanol–water partition coefficient (Wildman–Crippen LogP) is 11.8. The van der Waals surface area contributed by atoms with E-state index in [1.54, 1.807) is 0 Å². The van der Waals surface area contributed by atoms with Crippen LogP contribution in [0.3, 0.4) is 0 Å². The van der Waals surface area contributed by atoms with E-state index in [4.69, 9.17) is 11.5 Å². The Hall–Kier alpha value is -6.52. The molecule has 0 aliphatic heterocycles. The molecule has 0 saturated carbocycles. The Balaban J connectivity index is 0.000000152. The van der Waals surface area contributed by atoms with Crippen LogP contribution in [-0.4, -0.2) is 0 Å². The lowest BCUT2D eigenvalue weighted by molar-refractivity contribution is 1.30. The summed E-state index contributed by atoms with van der Waals surface area (Å²) in [6.45, 7) is 0. The van der Waals surface area contributed by atoms with Gasteiger partial charge in [0.05, 0.1) is 34.1 Å². The summed E-state index contributed by atoms with van der Waals surface area (Å²) in [5.41, 5.74) is 20.5. The van der Waals surface area contributed by atoms with Gasteiger partial charge in [-0.3, -0.25) is 0 Å². The van der Waals surface area contributed by atoms with Gasteiger partial charge in [0.15, 0.2) is 0 Å². The topological polar surface area (TPSA) is 58.5 Å². The molecule has 0 radical (unpaired) electrons. The van der Waals surface area contributed by atoms with Crippen LogP contribution >= 0.6 is 0 Å². The van der Waals surface area contributed by atoms with Crippen LogP contribution in [0.15, 0.2) is 194 Å². The zero-order valence-corrected chi connectivity index (χ0v) is 26.5. The maximum absolute atomic E-state index is 6.30. The summed E-state index contributed by atoms with van der Waals surface area (Å²) in [7, 11) is 0. The molecular formula is C44H36N4. The van der Waals surface area contributed by atoms with Crippen molar-refractivity contribution in [1.29, 1.82) is 0 Å². The highest BCUT2D eigenvalue weighted by Crippen LogP contribution is 2.42. The molecule has 232 valence electrons. The second-order valence-electron chi connectivity index (χ2n) is 11.5. The highest BCUT2D eigenvalue weighted by Gasteiger charge is 2.18. The van der Waals surface area contributed by atoms with Crippen molar-refractivity contribution >= 4 is 67.0 Å². The minimum absolute atomic E-state index is 0.759. The van der Waals surface area contributed by atoms with Crippen LogP contribution in [0.25, 0.3) is 21.5 Å². The van der Waals surface area contributed by atoms with E-state index in [2.05, 4.69) is 131 Å². The average molecular weight is 621 g/mol. The monoisotopic (exact) mass is 620 g/mol. The SMILES string of the molecule is Nc1ccccc1N(c1ccccc1)c1cccc2ccccc12.Nc1ccccc1N(c1ccccc1)c1cccc2ccccc12. The van der Waals surface area contributed by atoms with Gasteiger partial charge in [0.1, 0.15) is 0 Å². The minimum Gasteiger partial charge on any atom is -0.397 e. The van der Waals surface area contributed by atoms with Gasteiger partial charge in [0, 0.05) is 22.1 Å². The first-order valence-corrected chi connectivity index (χ1v) is 16.0. The van der Waals surface area contributed by atoms with Crippen molar-refractivity contribution in [2.45, 2.75) is 0 Å². The van der Waals surface area contributed by atoms with Gasteiger partial charge >= 0.3 is 0 Å². The lowest BCUT2D eigenvalue weighted by Gasteiger charge is -2.27. The Labute approximate surface area is 281 Å². The third-order valence-electron chi connectivity index (χ3n) is 8.40. The molecule has 8 aromatic carbocycles. The Morgan fingerprint density at radius 2 is 0.583 bits per heavy atom. The van der Waals surface area contributed by atoms with Gasteiger partial charge in [0.25, 0.3) is 0 Å². The van der Waals surface area contributed by atoms with Crippen LogP contribution in [0.5, 0.6) is 0 Å². The molecule has 0 bridgehead atoms. The molecule has 0 aliphatic rings. The van der Waals surface area contributed by atoms with Gasteiger partial charge in [-0.05, 0) is 71.4 Å². The standard InChI is InChI=1S/2C22H18N2/c2*23-20-14-6-7-15-22(20)24(18-11-2-1-3-12-18)21-16-8-10-17-9-4-5-13-19(17)21/h2*1-16H,23H2. The quantitative estimate of drug-likeness (QED) is 0.182. The normalized spacial score (nSPS) is 10.7. The summed E-state index contributed by atoms with van der Waals surface area (Å²) < 4.78 is 0. The number of nitrogen functional groups attached to an aromatic ring is 2. The van der Waals surface area contributed by atoms with E-state index >= 15 is 0 Å². The van der Waals surface area contributed by atoms with Gasteiger partial charge in [-0.25, -0.2) is 0 Å². The number of para-hydroxylation sites is 6. The third-order valence-corrected chi connectivity index (χ3v) is 8.40. The molecule has 0 saturated heterocycles. The predicted molar refractivity (Wildman–Crippen MR) is 206 cm³/mol. The highest BCUT2D eigenvalue weighted by atomic mass is 15.2. The number of fused-ring (bicyclic) bond motifs is 2. The number of nitrogens with zero attached hydrogens (tertiary/aromatic N) is 2. The van der Waals surface area contributed by atoms with Gasteiger partial charge in [-0.2, -0.15) is 0 Å². The molecule has 0 unspecified atom stereocenters. The fourth-order valence-electron chi connectivity index (χ4n) is 6.16. The van der Waals surface area contributed by atoms with Gasteiger partial charge in [0.2, 0.25) is 0 Å². The van der Waals surface area contributed by atoms with Crippen molar-refractivity contribution in [3.05, 3.63) is 194 Å². The number of nitrogens with two attached hydrogens (primary N) is 2. The molecule has 8 aromatic rings. The molecule has 0 fully saturated rings. The van der Waals surface area contributed by atoms with Crippen molar-refractivity contribution in [1.82, 2.24) is 0 Å². The van der Waals surface area contributed by atoms with Crippen molar-refractivity contribution in [3.8, 4) is 0 Å². The lowest BCUT2D eigenvalue weighted by Crippen LogP contribution is -2.12. The summed E-state index contributed by atoms with van der Waals surface area (Å²) in [6.07, 6.45) is 0. The zero-order valence-electron chi connectivity index (χ0n) is 26.5. The summed E-state index contributed by atoms with van der Waals surface area (Å²) in [5.74, 6) is 0. The van der Waals surface area contributed by atoms with Crippen LogP contribution in [0.1, 0.15) is 0 Å². The molecule has 0 aliphatic carbocycles. The zero-order chi connectivity index (χ0) is 32.7. The fraction of sp³-hybridized carbons (Fsp3) is 0. The Kier molecular flexibility index (Phi) is 8.70. The largest absolute Gasteiger partial charge is 0.397 e. The lowest BCUT2D eigenvalue weighted by atomic mass is 10.1. The molecule has 0 atom stereocenters. The van der Waals surface area contributed by atoms with E-state index < -0.39 is 0 Å². The van der Waals surface area contributed by atoms with Crippen molar-refractivity contribution in [2.24, 2.45) is 0 Å². The first-order valence-electron chi connectivity index (χ1n) is 16.0. The maximum atomic E-state index is 6.30. The summed E-state index contributed by atoms with van der Waals surface area (Å²) in [5, 5.41) is 4.83. The van der Waals surface area contributed by atoms with Gasteiger partial charge < -0.3 is 21.3 Å². The Morgan fingerprint density at radius 1 is 0.271 bits per heavy atom. The summed E-state index contributed by atoms with van der Waals surface area (Å²) in [4.78, 5) is 4.44. The van der Waals surface area contributed by atoms with Crippen LogP contribution in [0.2, 0.25) is 0 Å². The highest BCUT2D eigenvalue weighted by molar-refractivity contribution is 6.01. The van der Waals surface area contributed by atoms with Crippen molar-refractivity contribution < 1.29 is 0 Å². The summed E-state index contributed by atoms with van der Waals surface area (Å²) in [6, 6.07) is 66.2. The number of rotatable bonds is 6. The maximum Gasteiger partial charge on any atom is 0.0691 e. The molecular weight excluding hydrogens is 585 g/mol. The van der Waals surface area contributed by atoms with Crippen LogP contribution in [-0.2, 0) is 0 Å². The van der Waals surface area contributed by atoms with Gasteiger partial charge in [-0.15, -0.1) is 0 Å². The molecule has 0 aromatic heterocycles. The van der Waals surface area contributed by atoms with E-state index in [0.29, 0.717) is 0 Å². The summed E-state index contributed by atoms with van der Waals surface area (Å²) >= 11 is 0. The van der Waals surface area contributed by atoms with Crippen molar-refractivity contribution in [3.63, 3.8) is 0 Å². The van der Waals surface area contributed by atoms with Gasteiger partial charge in [-0.1, -0.05) is 133 Å². The number of hydrogen-bond donors (Lipinski definition) is 2. The second-order valence-corrected chi connectivity index (χ2v) is 11.5. The molecule has 4 N–H and O–H groups in total. The van der Waals surface area contributed by atoms with Crippen molar-refractivity contribution in [2.75, 3.05) is 21.3 Å². The first kappa shape index (κ1) is 30.2. The first-order chi connectivity index (χ1) is 23.7. The molecule has 48 heavy (non-hydrogen) atoms. The van der Waals surface area contributed by atoms with E-state index in [0.717, 1.165) is 45.5 Å². The number of benzene rings is 8. The molecule has 4 heteroatoms. The van der Waals surface area contributed by atoms with E-state index in [1.807, 2.05) is 72.8 Å². The molecule has 0 spiro atoms. The van der Waals surface area contributed by atoms with E-state index in [1.165, 1.54) is 21.5 Å². The second kappa shape index (κ2) is 13.9. The van der Waals surface area contributed by atoms with Crippen LogP contribution < -0.4 is 21.3 Å². The Morgan fingerprint density at radius 3 is 1.00 bits per heavy atom. The van der Waals surface area contributed by atoms with Crippen LogP contribution in [0, 0.1) is 0 Å². The molecule has 0 heterocycles. The Bertz CT molecular complexity index is 2110. The fourth-order valence-corrected chi connectivity index (χ4v) is 6.16. The number of anilines is 8. The number of hydrogen-bond acceptors (Lipinski definition) is 4. The van der Waals surface area contributed by atoms with E-state index in [-0.39, 0.29) is 0 Å².